The van der Waals surface area contributed by atoms with Crippen molar-refractivity contribution in [2.24, 2.45) is 4.99 Å². The average Bonchev–Trinajstić information content (AvgIpc) is 3.17. The number of fused-ring (bicyclic) bond motifs is 1. The summed E-state index contributed by atoms with van der Waals surface area (Å²) in [6.45, 7) is 3.67. The Bertz CT molecular complexity index is 1540. The van der Waals surface area contributed by atoms with Crippen LogP contribution in [0, 0.1) is 3.57 Å². The molecular weight excluding hydrogens is 595 g/mol. The van der Waals surface area contributed by atoms with E-state index in [9.17, 15) is 9.59 Å². The van der Waals surface area contributed by atoms with E-state index in [-0.39, 0.29) is 17.7 Å². The van der Waals surface area contributed by atoms with E-state index in [1.54, 1.807) is 53.4 Å². The zero-order valence-electron chi connectivity index (χ0n) is 20.5. The fourth-order valence-electron chi connectivity index (χ4n) is 4.06. The van der Waals surface area contributed by atoms with Gasteiger partial charge in [0.25, 0.3) is 5.56 Å². The van der Waals surface area contributed by atoms with Crippen LogP contribution in [-0.2, 0) is 9.53 Å². The van der Waals surface area contributed by atoms with Crippen molar-refractivity contribution in [1.29, 1.82) is 0 Å². The number of halogens is 1. The lowest BCUT2D eigenvalue weighted by Gasteiger charge is -2.26. The zero-order valence-corrected chi connectivity index (χ0v) is 23.4. The molecule has 10 heteroatoms. The van der Waals surface area contributed by atoms with E-state index in [0.717, 1.165) is 14.9 Å². The Kier molecular flexibility index (Phi) is 7.84. The molecule has 0 N–H and O–H groups in total. The molecule has 0 bridgehead atoms. The number of methoxy groups -OCH3 is 3. The Balaban J connectivity index is 1.99. The first-order valence-electron chi connectivity index (χ1n) is 11.1. The summed E-state index contributed by atoms with van der Waals surface area (Å²) >= 11 is 3.45. The Morgan fingerprint density at radius 2 is 1.83 bits per heavy atom. The molecule has 0 radical (unpaired) electrons. The van der Waals surface area contributed by atoms with Crippen LogP contribution >= 0.6 is 33.9 Å². The molecule has 188 valence electrons. The van der Waals surface area contributed by atoms with Crippen LogP contribution in [0.4, 0.5) is 0 Å². The van der Waals surface area contributed by atoms with Crippen LogP contribution in [0.1, 0.15) is 31.0 Å². The molecule has 2 heterocycles. The van der Waals surface area contributed by atoms with Crippen molar-refractivity contribution in [2.75, 3.05) is 27.9 Å². The fourth-order valence-corrected chi connectivity index (χ4v) is 5.87. The van der Waals surface area contributed by atoms with Crippen LogP contribution in [0.2, 0.25) is 0 Å². The van der Waals surface area contributed by atoms with Crippen molar-refractivity contribution >= 4 is 46.0 Å². The molecule has 0 spiro atoms. The molecule has 4 rings (SSSR count). The highest BCUT2D eigenvalue weighted by atomic mass is 127. The van der Waals surface area contributed by atoms with Crippen molar-refractivity contribution in [3.05, 3.63) is 82.1 Å². The third-order valence-electron chi connectivity index (χ3n) is 5.72. The molecule has 0 fully saturated rings. The predicted molar refractivity (Wildman–Crippen MR) is 146 cm³/mol. The van der Waals surface area contributed by atoms with E-state index in [1.807, 2.05) is 24.3 Å². The lowest BCUT2D eigenvalue weighted by molar-refractivity contribution is -0.139. The van der Waals surface area contributed by atoms with Gasteiger partial charge in [0, 0.05) is 5.56 Å². The molecule has 3 aromatic rings. The highest BCUT2D eigenvalue weighted by molar-refractivity contribution is 14.1. The number of ether oxygens (including phenoxy) is 4. The minimum atomic E-state index is -0.802. The van der Waals surface area contributed by atoms with Crippen molar-refractivity contribution in [3.63, 3.8) is 0 Å². The second-order valence-electron chi connectivity index (χ2n) is 7.80. The van der Waals surface area contributed by atoms with Crippen LogP contribution in [0.3, 0.4) is 0 Å². The van der Waals surface area contributed by atoms with Crippen molar-refractivity contribution in [1.82, 2.24) is 4.57 Å². The monoisotopic (exact) mass is 620 g/mol. The maximum atomic E-state index is 13.8. The first-order chi connectivity index (χ1) is 17.3. The summed E-state index contributed by atoms with van der Waals surface area (Å²) in [7, 11) is 4.72. The first kappa shape index (κ1) is 26.0. The average molecular weight is 620 g/mol. The number of aromatic nitrogens is 1. The number of thiazole rings is 1. The van der Waals surface area contributed by atoms with Gasteiger partial charge in [-0.05, 0) is 78.4 Å². The molecule has 0 saturated heterocycles. The first-order valence-corrected chi connectivity index (χ1v) is 13.0. The number of hydrogen-bond donors (Lipinski definition) is 0. The number of nitrogens with zero attached hydrogens (tertiary/aromatic N) is 2. The van der Waals surface area contributed by atoms with Crippen LogP contribution in [0.5, 0.6) is 17.2 Å². The highest BCUT2D eigenvalue weighted by Crippen LogP contribution is 2.37. The summed E-state index contributed by atoms with van der Waals surface area (Å²) in [6, 6.07) is 10.2. The molecule has 1 aromatic heterocycles. The SMILES string of the molecule is CCOC(=O)C1=C(C)N=c2s/c(=C\c3ccc(OC)c(I)c3)c(=O)n2C1c1cc(OC)ccc1OC. The highest BCUT2D eigenvalue weighted by Gasteiger charge is 2.35. The Morgan fingerprint density at radius 1 is 1.11 bits per heavy atom. The van der Waals surface area contributed by atoms with Crippen molar-refractivity contribution in [3.8, 4) is 17.2 Å². The van der Waals surface area contributed by atoms with Gasteiger partial charge in [0.15, 0.2) is 4.80 Å². The van der Waals surface area contributed by atoms with E-state index in [0.29, 0.717) is 32.1 Å². The van der Waals surface area contributed by atoms with Gasteiger partial charge in [0.05, 0.1) is 47.3 Å². The third-order valence-corrected chi connectivity index (χ3v) is 7.55. The van der Waals surface area contributed by atoms with Gasteiger partial charge in [-0.15, -0.1) is 0 Å². The molecule has 8 nitrogen and oxygen atoms in total. The minimum absolute atomic E-state index is 0.193. The predicted octanol–water partition coefficient (Wildman–Crippen LogP) is 3.43. The van der Waals surface area contributed by atoms with Gasteiger partial charge in [-0.1, -0.05) is 17.4 Å². The molecule has 0 amide bonds. The van der Waals surface area contributed by atoms with Crippen LogP contribution < -0.4 is 29.1 Å². The Morgan fingerprint density at radius 3 is 2.47 bits per heavy atom. The standard InChI is InChI=1S/C26H25IN2O6S/c1-6-35-25(31)22-14(2)28-26-29(23(22)17-13-16(32-3)8-10-19(17)33-4)24(30)21(36-26)12-15-7-9-20(34-5)18(27)11-15/h7-13,23H,6H2,1-5H3/b21-12-. The normalized spacial score (nSPS) is 15.3. The largest absolute Gasteiger partial charge is 0.497 e. The van der Waals surface area contributed by atoms with E-state index < -0.39 is 12.0 Å². The summed E-state index contributed by atoms with van der Waals surface area (Å²) < 4.78 is 24.7. The van der Waals surface area contributed by atoms with E-state index in [4.69, 9.17) is 18.9 Å². The summed E-state index contributed by atoms with van der Waals surface area (Å²) in [5, 5.41) is 0. The number of esters is 1. The second-order valence-corrected chi connectivity index (χ2v) is 9.98. The van der Waals surface area contributed by atoms with Gasteiger partial charge < -0.3 is 18.9 Å². The van der Waals surface area contributed by atoms with Gasteiger partial charge in [0.2, 0.25) is 0 Å². The Hall–Kier alpha value is -3.12. The lowest BCUT2D eigenvalue weighted by Crippen LogP contribution is -2.40. The molecule has 1 aliphatic heterocycles. The van der Waals surface area contributed by atoms with E-state index in [1.165, 1.54) is 15.9 Å². The van der Waals surface area contributed by atoms with Gasteiger partial charge >= 0.3 is 5.97 Å². The molecule has 0 saturated carbocycles. The number of benzene rings is 2. The second kappa shape index (κ2) is 10.9. The summed E-state index contributed by atoms with van der Waals surface area (Å²) in [4.78, 5) is 32.0. The Labute approximate surface area is 225 Å². The maximum Gasteiger partial charge on any atom is 0.338 e. The smallest absolute Gasteiger partial charge is 0.338 e. The quantitative estimate of drug-likeness (QED) is 0.297. The zero-order chi connectivity index (χ0) is 26.0. The third kappa shape index (κ3) is 4.79. The van der Waals surface area contributed by atoms with Gasteiger partial charge in [0.1, 0.15) is 23.3 Å². The number of carbonyl (C=O) groups excluding carboxylic acids is 1. The molecule has 1 unspecified atom stereocenters. The topological polar surface area (TPSA) is 88.4 Å². The number of rotatable bonds is 7. The van der Waals surface area contributed by atoms with E-state index >= 15 is 0 Å². The number of hydrogen-bond acceptors (Lipinski definition) is 8. The summed E-state index contributed by atoms with van der Waals surface area (Å²) in [5.41, 5.74) is 1.94. The molecule has 1 atom stereocenters. The molecule has 2 aromatic carbocycles. The summed E-state index contributed by atoms with van der Waals surface area (Å²) in [6.07, 6.45) is 1.81. The van der Waals surface area contributed by atoms with Crippen molar-refractivity contribution in [2.45, 2.75) is 19.9 Å². The fraction of sp³-hybridized carbons (Fsp3) is 0.269. The van der Waals surface area contributed by atoms with Gasteiger partial charge in [-0.3, -0.25) is 9.36 Å². The molecule has 36 heavy (non-hydrogen) atoms. The number of carbonyl (C=O) groups is 1. The minimum Gasteiger partial charge on any atom is -0.497 e. The molecule has 0 aliphatic carbocycles. The van der Waals surface area contributed by atoms with Crippen LogP contribution in [0.25, 0.3) is 6.08 Å². The van der Waals surface area contributed by atoms with Crippen molar-refractivity contribution < 1.29 is 23.7 Å². The van der Waals surface area contributed by atoms with E-state index in [2.05, 4.69) is 27.6 Å². The molecule has 1 aliphatic rings. The summed E-state index contributed by atoms with van der Waals surface area (Å²) in [5.74, 6) is 1.30. The van der Waals surface area contributed by atoms with Gasteiger partial charge in [-0.2, -0.15) is 0 Å². The van der Waals surface area contributed by atoms with Crippen LogP contribution in [0.15, 0.2) is 57.5 Å². The maximum absolute atomic E-state index is 13.8. The van der Waals surface area contributed by atoms with Crippen LogP contribution in [-0.4, -0.2) is 38.5 Å². The van der Waals surface area contributed by atoms with Gasteiger partial charge in [-0.25, -0.2) is 9.79 Å². The lowest BCUT2D eigenvalue weighted by atomic mass is 9.94. The number of allylic oxidation sites excluding steroid dienone is 1. The molecular formula is C26H25IN2O6S.